The summed E-state index contributed by atoms with van der Waals surface area (Å²) in [6.07, 6.45) is 4.77. The fourth-order valence-corrected chi connectivity index (χ4v) is 2.68. The molecule has 2 heteroatoms. The molecule has 1 aromatic rings. The van der Waals surface area contributed by atoms with Gasteiger partial charge in [-0.15, -0.1) is 0 Å². The van der Waals surface area contributed by atoms with Gasteiger partial charge in [-0.25, -0.2) is 0 Å². The molecule has 0 spiro atoms. The molecule has 1 aromatic carbocycles. The average molecular weight is 245 g/mol. The largest absolute Gasteiger partial charge is 0.298 e. The summed E-state index contributed by atoms with van der Waals surface area (Å²) in [5.41, 5.74) is 1.31. The van der Waals surface area contributed by atoms with Crippen LogP contribution in [0.5, 0.6) is 0 Å². The molecule has 1 heterocycles. The SMILES string of the molecule is CCCCCC1CN(Cc2ccccc2)CC1=O. The highest BCUT2D eigenvalue weighted by Crippen LogP contribution is 2.21. The molecule has 0 radical (unpaired) electrons. The van der Waals surface area contributed by atoms with Gasteiger partial charge >= 0.3 is 0 Å². The van der Waals surface area contributed by atoms with Gasteiger partial charge in [0.15, 0.2) is 5.78 Å². The van der Waals surface area contributed by atoms with Crippen molar-refractivity contribution in [1.82, 2.24) is 4.90 Å². The van der Waals surface area contributed by atoms with Crippen molar-refractivity contribution in [1.29, 1.82) is 0 Å². The molecule has 1 atom stereocenters. The number of ketones is 1. The van der Waals surface area contributed by atoms with Crippen LogP contribution in [0.25, 0.3) is 0 Å². The standard InChI is InChI=1S/C16H23NO/c1-2-3-5-10-15-12-17(13-16(15)18)11-14-8-6-4-7-9-14/h4,6-9,15H,2-3,5,10-13H2,1H3. The second kappa shape index (κ2) is 6.69. The van der Waals surface area contributed by atoms with Crippen molar-refractivity contribution in [2.45, 2.75) is 39.2 Å². The van der Waals surface area contributed by atoms with Gasteiger partial charge in [0.2, 0.25) is 0 Å². The highest BCUT2D eigenvalue weighted by Gasteiger charge is 2.29. The molecule has 0 bridgehead atoms. The van der Waals surface area contributed by atoms with Crippen molar-refractivity contribution in [3.8, 4) is 0 Å². The van der Waals surface area contributed by atoms with E-state index in [1.165, 1.54) is 24.8 Å². The first-order valence-corrected chi connectivity index (χ1v) is 7.08. The number of hydrogen-bond acceptors (Lipinski definition) is 2. The van der Waals surface area contributed by atoms with Gasteiger partial charge < -0.3 is 0 Å². The van der Waals surface area contributed by atoms with E-state index in [1.807, 2.05) is 6.07 Å². The van der Waals surface area contributed by atoms with Crippen molar-refractivity contribution < 1.29 is 4.79 Å². The van der Waals surface area contributed by atoms with Crippen molar-refractivity contribution in [2.75, 3.05) is 13.1 Å². The number of unbranched alkanes of at least 4 members (excludes halogenated alkanes) is 2. The van der Waals surface area contributed by atoms with Crippen LogP contribution in [0.1, 0.15) is 38.2 Å². The van der Waals surface area contributed by atoms with Gasteiger partial charge in [-0.2, -0.15) is 0 Å². The van der Waals surface area contributed by atoms with Gasteiger partial charge in [-0.1, -0.05) is 56.5 Å². The van der Waals surface area contributed by atoms with Crippen LogP contribution in [0, 0.1) is 5.92 Å². The first-order valence-electron chi connectivity index (χ1n) is 7.08. The quantitative estimate of drug-likeness (QED) is 0.717. The second-order valence-electron chi connectivity index (χ2n) is 5.31. The molecule has 0 aliphatic carbocycles. The maximum absolute atomic E-state index is 11.9. The lowest BCUT2D eigenvalue weighted by molar-refractivity contribution is -0.120. The Labute approximate surface area is 110 Å². The van der Waals surface area contributed by atoms with Crippen LogP contribution in [-0.4, -0.2) is 23.8 Å². The van der Waals surface area contributed by atoms with Crippen LogP contribution in [0.3, 0.4) is 0 Å². The van der Waals surface area contributed by atoms with Crippen LogP contribution in [0.2, 0.25) is 0 Å². The van der Waals surface area contributed by atoms with Crippen molar-refractivity contribution >= 4 is 5.78 Å². The third kappa shape index (κ3) is 3.67. The molecule has 98 valence electrons. The first-order chi connectivity index (χ1) is 8.79. The number of benzene rings is 1. The zero-order valence-electron chi connectivity index (χ0n) is 11.3. The summed E-state index contributed by atoms with van der Waals surface area (Å²) in [5, 5.41) is 0. The van der Waals surface area contributed by atoms with Crippen molar-refractivity contribution in [3.63, 3.8) is 0 Å². The number of nitrogens with zero attached hydrogens (tertiary/aromatic N) is 1. The van der Waals surface area contributed by atoms with Gasteiger partial charge in [0.05, 0.1) is 6.54 Å². The second-order valence-corrected chi connectivity index (χ2v) is 5.31. The van der Waals surface area contributed by atoms with E-state index in [2.05, 4.69) is 36.1 Å². The van der Waals surface area contributed by atoms with Gasteiger partial charge in [-0.05, 0) is 12.0 Å². The van der Waals surface area contributed by atoms with Gasteiger partial charge in [0.25, 0.3) is 0 Å². The maximum atomic E-state index is 11.9. The highest BCUT2D eigenvalue weighted by atomic mass is 16.1. The highest BCUT2D eigenvalue weighted by molar-refractivity contribution is 5.85. The molecular weight excluding hydrogens is 222 g/mol. The normalized spacial score (nSPS) is 20.5. The molecule has 1 aliphatic rings. The van der Waals surface area contributed by atoms with E-state index >= 15 is 0 Å². The molecule has 1 unspecified atom stereocenters. The predicted octanol–water partition coefficient (Wildman–Crippen LogP) is 3.27. The van der Waals surface area contributed by atoms with E-state index in [-0.39, 0.29) is 0 Å². The summed E-state index contributed by atoms with van der Waals surface area (Å²) >= 11 is 0. The number of hydrogen-bond donors (Lipinski definition) is 0. The van der Waals surface area contributed by atoms with E-state index in [1.54, 1.807) is 0 Å². The summed E-state index contributed by atoms with van der Waals surface area (Å²) in [6, 6.07) is 10.4. The van der Waals surface area contributed by atoms with Crippen LogP contribution in [-0.2, 0) is 11.3 Å². The molecular formula is C16H23NO. The lowest BCUT2D eigenvalue weighted by atomic mass is 10.00. The van der Waals surface area contributed by atoms with E-state index in [9.17, 15) is 4.79 Å². The fourth-order valence-electron chi connectivity index (χ4n) is 2.68. The van der Waals surface area contributed by atoms with E-state index < -0.39 is 0 Å². The lowest BCUT2D eigenvalue weighted by Crippen LogP contribution is -2.20. The van der Waals surface area contributed by atoms with Crippen molar-refractivity contribution in [3.05, 3.63) is 35.9 Å². The number of Topliss-reactive ketones (excluding diaryl/α,β-unsaturated/α-hetero) is 1. The van der Waals surface area contributed by atoms with Gasteiger partial charge in [0.1, 0.15) is 0 Å². The van der Waals surface area contributed by atoms with E-state index in [0.29, 0.717) is 18.2 Å². The maximum Gasteiger partial charge on any atom is 0.151 e. The Kier molecular flexibility index (Phi) is 4.94. The van der Waals surface area contributed by atoms with Gasteiger partial charge in [0, 0.05) is 19.0 Å². The summed E-state index contributed by atoms with van der Waals surface area (Å²) < 4.78 is 0. The minimum absolute atomic E-state index is 0.292. The van der Waals surface area contributed by atoms with Crippen LogP contribution >= 0.6 is 0 Å². The topological polar surface area (TPSA) is 20.3 Å². The predicted molar refractivity (Wildman–Crippen MR) is 74.4 cm³/mol. The number of likely N-dealkylation sites (tertiary alicyclic amines) is 1. The minimum Gasteiger partial charge on any atom is -0.298 e. The average Bonchev–Trinajstić information content (AvgIpc) is 2.71. The lowest BCUT2D eigenvalue weighted by Gasteiger charge is -2.14. The number of carbonyl (C=O) groups is 1. The Morgan fingerprint density at radius 1 is 1.22 bits per heavy atom. The fraction of sp³-hybridized carbons (Fsp3) is 0.562. The molecule has 1 fully saturated rings. The Balaban J connectivity index is 1.81. The smallest absolute Gasteiger partial charge is 0.151 e. The third-order valence-corrected chi connectivity index (χ3v) is 3.72. The third-order valence-electron chi connectivity index (χ3n) is 3.72. The van der Waals surface area contributed by atoms with Crippen molar-refractivity contribution in [2.24, 2.45) is 5.92 Å². The zero-order valence-corrected chi connectivity index (χ0v) is 11.3. The Bertz CT molecular complexity index is 374. The Hall–Kier alpha value is -1.15. The first kappa shape index (κ1) is 13.3. The van der Waals surface area contributed by atoms with E-state index in [4.69, 9.17) is 0 Å². The van der Waals surface area contributed by atoms with Crippen LogP contribution in [0.4, 0.5) is 0 Å². The number of rotatable bonds is 6. The molecule has 0 aromatic heterocycles. The molecule has 2 rings (SSSR count). The van der Waals surface area contributed by atoms with Crippen LogP contribution < -0.4 is 0 Å². The Morgan fingerprint density at radius 3 is 2.72 bits per heavy atom. The minimum atomic E-state index is 0.292. The van der Waals surface area contributed by atoms with Gasteiger partial charge in [-0.3, -0.25) is 9.69 Å². The number of carbonyl (C=O) groups excluding carboxylic acids is 1. The molecule has 18 heavy (non-hydrogen) atoms. The molecule has 0 saturated carbocycles. The molecule has 1 aliphatic heterocycles. The monoisotopic (exact) mass is 245 g/mol. The van der Waals surface area contributed by atoms with Crippen LogP contribution in [0.15, 0.2) is 30.3 Å². The summed E-state index contributed by atoms with van der Waals surface area (Å²) in [5.74, 6) is 0.738. The molecule has 2 nitrogen and oxygen atoms in total. The molecule has 0 amide bonds. The zero-order chi connectivity index (χ0) is 12.8. The Morgan fingerprint density at radius 2 is 2.00 bits per heavy atom. The summed E-state index contributed by atoms with van der Waals surface area (Å²) in [6.45, 7) is 4.72. The molecule has 1 saturated heterocycles. The summed E-state index contributed by atoms with van der Waals surface area (Å²) in [4.78, 5) is 14.2. The molecule has 0 N–H and O–H groups in total. The van der Waals surface area contributed by atoms with E-state index in [0.717, 1.165) is 19.5 Å². The summed E-state index contributed by atoms with van der Waals surface area (Å²) in [7, 11) is 0.